The van der Waals surface area contributed by atoms with E-state index in [0.717, 1.165) is 12.2 Å². The fourth-order valence-corrected chi connectivity index (χ4v) is 1.45. The minimum Gasteiger partial charge on any atom is -0.396 e. The van der Waals surface area contributed by atoms with Crippen molar-refractivity contribution < 1.29 is 5.11 Å². The summed E-state index contributed by atoms with van der Waals surface area (Å²) in [5.41, 5.74) is 1.86. The van der Waals surface area contributed by atoms with Gasteiger partial charge in [-0.05, 0) is 6.42 Å². The first kappa shape index (κ1) is 6.11. The Balaban J connectivity index is 2.16. The molecule has 8 heavy (non-hydrogen) atoms. The molecule has 0 saturated heterocycles. The molecule has 3 heteroatoms. The van der Waals surface area contributed by atoms with Gasteiger partial charge in [-0.1, -0.05) is 0 Å². The molecule has 0 saturated carbocycles. The molecule has 1 aliphatic heterocycles. The molecule has 0 spiro atoms. The molecule has 0 fully saturated rings. The number of aliphatic hydroxyl groups is 1. The van der Waals surface area contributed by atoms with Gasteiger partial charge in [0.1, 0.15) is 0 Å². The van der Waals surface area contributed by atoms with E-state index in [1.807, 2.05) is 5.55 Å². The fraction of sp³-hybridized carbons (Fsp3) is 0.800. The molecule has 0 amide bonds. The summed E-state index contributed by atoms with van der Waals surface area (Å²) < 4.78 is 0. The number of hydrogen-bond donors (Lipinski definition) is 1. The molecule has 1 N–H and O–H groups in total. The first-order valence-electron chi connectivity index (χ1n) is 2.67. The molecule has 1 atom stereocenters. The summed E-state index contributed by atoms with van der Waals surface area (Å²) in [6, 6.07) is 0.394. The highest BCUT2D eigenvalue weighted by molar-refractivity contribution is 8.12. The lowest BCUT2D eigenvalue weighted by molar-refractivity contribution is 0.280. The molecule has 0 aromatic carbocycles. The Kier molecular flexibility index (Phi) is 2.36. The van der Waals surface area contributed by atoms with Crippen LogP contribution in [-0.2, 0) is 0 Å². The lowest BCUT2D eigenvalue weighted by Crippen LogP contribution is -2.05. The molecule has 1 unspecified atom stereocenters. The summed E-state index contributed by atoms with van der Waals surface area (Å²) in [5, 5.41) is 8.44. The van der Waals surface area contributed by atoms with Crippen molar-refractivity contribution in [1.29, 1.82) is 0 Å². The highest BCUT2D eigenvalue weighted by Crippen LogP contribution is 2.12. The predicted octanol–water partition coefficient (Wildman–Crippen LogP) is 0.512. The van der Waals surface area contributed by atoms with Crippen molar-refractivity contribution in [2.45, 2.75) is 12.5 Å². The molecule has 1 rings (SSSR count). The van der Waals surface area contributed by atoms with Crippen LogP contribution in [-0.4, -0.2) is 29.1 Å². The summed E-state index contributed by atoms with van der Waals surface area (Å²) in [5.74, 6) is 1.06. The number of thioether (sulfide) groups is 1. The molecular formula is C5H9NOS. The standard InChI is InChI=1S/C5H9NOS/c7-2-1-5-3-8-4-6-5/h4-5,7H,1-3H2. The lowest BCUT2D eigenvalue weighted by atomic mass is 10.3. The van der Waals surface area contributed by atoms with E-state index >= 15 is 0 Å². The maximum atomic E-state index is 8.44. The zero-order valence-corrected chi connectivity index (χ0v) is 5.40. The van der Waals surface area contributed by atoms with Gasteiger partial charge in [0, 0.05) is 12.4 Å². The maximum Gasteiger partial charge on any atom is 0.0621 e. The Morgan fingerprint density at radius 1 is 1.88 bits per heavy atom. The highest BCUT2D eigenvalue weighted by atomic mass is 32.2. The Morgan fingerprint density at radius 3 is 3.25 bits per heavy atom. The molecule has 0 aliphatic carbocycles. The summed E-state index contributed by atoms with van der Waals surface area (Å²) >= 11 is 1.72. The molecule has 1 aliphatic rings. The van der Waals surface area contributed by atoms with E-state index in [-0.39, 0.29) is 6.61 Å². The van der Waals surface area contributed by atoms with Crippen molar-refractivity contribution in [3.63, 3.8) is 0 Å². The molecular weight excluding hydrogens is 122 g/mol. The Morgan fingerprint density at radius 2 is 2.75 bits per heavy atom. The highest BCUT2D eigenvalue weighted by Gasteiger charge is 2.08. The zero-order chi connectivity index (χ0) is 5.82. The summed E-state index contributed by atoms with van der Waals surface area (Å²) in [7, 11) is 0. The molecule has 1 heterocycles. The quantitative estimate of drug-likeness (QED) is 0.592. The van der Waals surface area contributed by atoms with E-state index in [4.69, 9.17) is 5.11 Å². The van der Waals surface area contributed by atoms with Gasteiger partial charge in [0.15, 0.2) is 0 Å². The molecule has 0 aromatic rings. The second-order valence-corrected chi connectivity index (χ2v) is 2.63. The van der Waals surface area contributed by atoms with Crippen LogP contribution in [0.1, 0.15) is 6.42 Å². The van der Waals surface area contributed by atoms with Crippen LogP contribution in [0.3, 0.4) is 0 Å². The first-order valence-corrected chi connectivity index (χ1v) is 3.72. The second-order valence-electron chi connectivity index (χ2n) is 1.75. The number of aliphatic hydroxyl groups excluding tert-OH is 1. The van der Waals surface area contributed by atoms with E-state index in [2.05, 4.69) is 4.99 Å². The molecule has 0 aromatic heterocycles. The first-order chi connectivity index (χ1) is 3.93. The van der Waals surface area contributed by atoms with Gasteiger partial charge < -0.3 is 5.11 Å². The van der Waals surface area contributed by atoms with E-state index < -0.39 is 0 Å². The van der Waals surface area contributed by atoms with Crippen LogP contribution < -0.4 is 0 Å². The largest absolute Gasteiger partial charge is 0.396 e. The van der Waals surface area contributed by atoms with Crippen molar-refractivity contribution in [3.8, 4) is 0 Å². The van der Waals surface area contributed by atoms with E-state index in [1.54, 1.807) is 11.8 Å². The van der Waals surface area contributed by atoms with Crippen LogP contribution in [0, 0.1) is 0 Å². The Hall–Kier alpha value is -0.0200. The Labute approximate surface area is 53.0 Å². The maximum absolute atomic E-state index is 8.44. The van der Waals surface area contributed by atoms with E-state index in [1.165, 1.54) is 0 Å². The third-order valence-corrected chi connectivity index (χ3v) is 1.95. The third-order valence-electron chi connectivity index (χ3n) is 1.10. The van der Waals surface area contributed by atoms with E-state index in [0.29, 0.717) is 6.04 Å². The van der Waals surface area contributed by atoms with E-state index in [9.17, 15) is 0 Å². The minimum absolute atomic E-state index is 0.266. The summed E-state index contributed by atoms with van der Waals surface area (Å²) in [6.45, 7) is 0.266. The van der Waals surface area contributed by atoms with Crippen LogP contribution in [0.4, 0.5) is 0 Å². The zero-order valence-electron chi connectivity index (χ0n) is 4.58. The van der Waals surface area contributed by atoms with Crippen LogP contribution in [0.2, 0.25) is 0 Å². The summed E-state index contributed by atoms with van der Waals surface area (Å²) in [6.07, 6.45) is 0.823. The number of hydrogen-bond acceptors (Lipinski definition) is 3. The monoisotopic (exact) mass is 131 g/mol. The van der Waals surface area contributed by atoms with Crippen LogP contribution >= 0.6 is 11.8 Å². The Bertz CT molecular complexity index is 94.4. The van der Waals surface area contributed by atoms with Gasteiger partial charge in [-0.2, -0.15) is 0 Å². The lowest BCUT2D eigenvalue weighted by Gasteiger charge is -1.99. The van der Waals surface area contributed by atoms with Gasteiger partial charge in [-0.15, -0.1) is 11.8 Å². The van der Waals surface area contributed by atoms with Crippen molar-refractivity contribution >= 4 is 17.3 Å². The van der Waals surface area contributed by atoms with Crippen LogP contribution in [0.15, 0.2) is 4.99 Å². The van der Waals surface area contributed by atoms with Crippen molar-refractivity contribution in [2.24, 2.45) is 4.99 Å². The van der Waals surface area contributed by atoms with Gasteiger partial charge >= 0.3 is 0 Å². The van der Waals surface area contributed by atoms with Gasteiger partial charge in [-0.25, -0.2) is 0 Å². The molecule has 2 nitrogen and oxygen atoms in total. The minimum atomic E-state index is 0.266. The van der Waals surface area contributed by atoms with Crippen LogP contribution in [0.25, 0.3) is 0 Å². The second kappa shape index (κ2) is 3.10. The van der Waals surface area contributed by atoms with Gasteiger partial charge in [-0.3, -0.25) is 4.99 Å². The summed E-state index contributed by atoms with van der Waals surface area (Å²) in [4.78, 5) is 4.10. The number of aliphatic imine (C=N–C) groups is 1. The van der Waals surface area contributed by atoms with Crippen molar-refractivity contribution in [3.05, 3.63) is 0 Å². The smallest absolute Gasteiger partial charge is 0.0621 e. The predicted molar refractivity (Wildman–Crippen MR) is 36.4 cm³/mol. The van der Waals surface area contributed by atoms with Gasteiger partial charge in [0.2, 0.25) is 0 Å². The van der Waals surface area contributed by atoms with Gasteiger partial charge in [0.25, 0.3) is 0 Å². The molecule has 46 valence electrons. The topological polar surface area (TPSA) is 32.6 Å². The molecule has 0 bridgehead atoms. The normalized spacial score (nSPS) is 26.9. The average Bonchev–Trinajstić information content (AvgIpc) is 2.19. The molecule has 0 radical (unpaired) electrons. The average molecular weight is 131 g/mol. The SMILES string of the molecule is OCCC1CSC=N1. The number of nitrogens with zero attached hydrogens (tertiary/aromatic N) is 1. The van der Waals surface area contributed by atoms with Crippen molar-refractivity contribution in [1.82, 2.24) is 0 Å². The van der Waals surface area contributed by atoms with Crippen LogP contribution in [0.5, 0.6) is 0 Å². The number of rotatable bonds is 2. The fourth-order valence-electron chi connectivity index (χ4n) is 0.633. The third kappa shape index (κ3) is 1.49. The van der Waals surface area contributed by atoms with Crippen molar-refractivity contribution in [2.75, 3.05) is 12.4 Å². The van der Waals surface area contributed by atoms with Gasteiger partial charge in [0.05, 0.1) is 11.6 Å².